The van der Waals surface area contributed by atoms with Crippen LogP contribution < -0.4 is 10.1 Å². The molecule has 0 spiro atoms. The number of hydrogen-bond donors (Lipinski definition) is 2. The predicted octanol–water partition coefficient (Wildman–Crippen LogP) is 6.96. The number of carboxylic acid groups (broad SMARTS) is 1. The van der Waals surface area contributed by atoms with Gasteiger partial charge in [0.15, 0.2) is 0 Å². The van der Waals surface area contributed by atoms with Crippen LogP contribution in [0.1, 0.15) is 30.5 Å². The van der Waals surface area contributed by atoms with Gasteiger partial charge in [0.1, 0.15) is 5.75 Å². The predicted molar refractivity (Wildman–Crippen MR) is 127 cm³/mol. The lowest BCUT2D eigenvalue weighted by atomic mass is 10.1. The number of aromatic nitrogens is 2. The zero-order valence-corrected chi connectivity index (χ0v) is 19.3. The molecule has 0 aliphatic heterocycles. The number of fused-ring (bicyclic) bond motifs is 1. The van der Waals surface area contributed by atoms with E-state index in [-0.39, 0.29) is 18.2 Å². The summed E-state index contributed by atoms with van der Waals surface area (Å²) < 4.78 is 43.3. The number of carboxylic acids is 1. The van der Waals surface area contributed by atoms with Gasteiger partial charge in [-0.25, -0.2) is 4.98 Å². The quantitative estimate of drug-likeness (QED) is 0.272. The summed E-state index contributed by atoms with van der Waals surface area (Å²) in [5.41, 5.74) is 3.63. The molecular weight excluding hydrogens is 483 g/mol. The van der Waals surface area contributed by atoms with Gasteiger partial charge in [0.05, 0.1) is 17.1 Å². The Balaban J connectivity index is 1.73. The van der Waals surface area contributed by atoms with Crippen molar-refractivity contribution in [3.63, 3.8) is 0 Å². The summed E-state index contributed by atoms with van der Waals surface area (Å²) in [6, 6.07) is 18.1. The Labute approximate surface area is 203 Å². The smallest absolute Gasteiger partial charge is 0.481 e. The van der Waals surface area contributed by atoms with Crippen molar-refractivity contribution in [1.29, 1.82) is 0 Å². The maximum absolute atomic E-state index is 12.5. The van der Waals surface area contributed by atoms with Gasteiger partial charge in [0.2, 0.25) is 5.95 Å². The second-order valence-corrected chi connectivity index (χ2v) is 8.32. The van der Waals surface area contributed by atoms with Crippen molar-refractivity contribution in [2.24, 2.45) is 0 Å². The van der Waals surface area contributed by atoms with Crippen LogP contribution in [0, 0.1) is 0 Å². The molecule has 0 amide bonds. The number of imidazole rings is 1. The number of hydrogen-bond acceptors (Lipinski definition) is 4. The second kappa shape index (κ2) is 9.87. The first-order chi connectivity index (χ1) is 16.6. The minimum absolute atomic E-state index is 0.000304. The summed E-state index contributed by atoms with van der Waals surface area (Å²) in [6.45, 7) is 1.96. The molecule has 10 heteroatoms. The van der Waals surface area contributed by atoms with E-state index in [9.17, 15) is 18.0 Å². The molecule has 1 aromatic heterocycles. The lowest BCUT2D eigenvalue weighted by molar-refractivity contribution is -0.274. The van der Waals surface area contributed by atoms with E-state index in [1.54, 1.807) is 6.07 Å². The Morgan fingerprint density at radius 2 is 1.86 bits per heavy atom. The van der Waals surface area contributed by atoms with Crippen molar-refractivity contribution < 1.29 is 27.8 Å². The van der Waals surface area contributed by atoms with Gasteiger partial charge in [-0.2, -0.15) is 0 Å². The number of alkyl halides is 3. The van der Waals surface area contributed by atoms with Crippen LogP contribution in [0.4, 0.5) is 24.8 Å². The van der Waals surface area contributed by atoms with Crippen LogP contribution in [0.3, 0.4) is 0 Å². The summed E-state index contributed by atoms with van der Waals surface area (Å²) in [4.78, 5) is 15.7. The molecule has 4 aromatic rings. The van der Waals surface area contributed by atoms with Gasteiger partial charge in [0.25, 0.3) is 0 Å². The first-order valence-corrected chi connectivity index (χ1v) is 11.1. The number of aliphatic carboxylic acids is 1. The average Bonchev–Trinajstić information content (AvgIpc) is 3.15. The summed E-state index contributed by atoms with van der Waals surface area (Å²) in [5, 5.41) is 12.7. The Hall–Kier alpha value is -3.72. The molecule has 0 bridgehead atoms. The fraction of sp³-hybridized carbons (Fsp3) is 0.200. The topological polar surface area (TPSA) is 76.4 Å². The highest BCUT2D eigenvalue weighted by atomic mass is 35.5. The zero-order chi connectivity index (χ0) is 25.2. The van der Waals surface area contributed by atoms with E-state index in [4.69, 9.17) is 21.7 Å². The molecule has 2 N–H and O–H groups in total. The fourth-order valence-corrected chi connectivity index (χ4v) is 4.15. The Morgan fingerprint density at radius 1 is 1.14 bits per heavy atom. The van der Waals surface area contributed by atoms with E-state index in [0.717, 1.165) is 16.6 Å². The Bertz CT molecular complexity index is 1350. The van der Waals surface area contributed by atoms with Crippen LogP contribution in [0.2, 0.25) is 5.02 Å². The number of anilines is 2. The number of ether oxygens (including phenoxy) is 1. The molecule has 0 aliphatic rings. The number of aryl methyl sites for hydroxylation is 1. The fourth-order valence-electron chi connectivity index (χ4n) is 3.85. The standard InChI is InChI=1S/C25H21ClF3N3O3/c1-15(19-4-2-3-5-20(19)26)32-22-12-6-16(7-13-23(33)34)14-21(22)31-24(32)30-17-8-10-18(11-9-17)35-25(27,28)29/h2-6,8-12,14-15H,7,13H2,1H3,(H,30,31)(H,33,34)/t15-/m1/s1. The van der Waals surface area contributed by atoms with Crippen molar-refractivity contribution in [1.82, 2.24) is 9.55 Å². The molecule has 182 valence electrons. The lowest BCUT2D eigenvalue weighted by Gasteiger charge is -2.20. The van der Waals surface area contributed by atoms with Crippen molar-refractivity contribution in [3.8, 4) is 5.75 Å². The number of halogens is 4. The van der Waals surface area contributed by atoms with Crippen molar-refractivity contribution in [3.05, 3.63) is 82.9 Å². The van der Waals surface area contributed by atoms with Gasteiger partial charge in [-0.15, -0.1) is 13.2 Å². The number of carbonyl (C=O) groups is 1. The van der Waals surface area contributed by atoms with Gasteiger partial charge < -0.3 is 19.7 Å². The number of rotatable bonds is 8. The molecule has 6 nitrogen and oxygen atoms in total. The lowest BCUT2D eigenvalue weighted by Crippen LogP contribution is -2.17. The molecule has 0 radical (unpaired) electrons. The minimum atomic E-state index is -4.77. The molecule has 35 heavy (non-hydrogen) atoms. The Kier molecular flexibility index (Phi) is 6.88. The van der Waals surface area contributed by atoms with Gasteiger partial charge in [0, 0.05) is 17.1 Å². The molecule has 0 aliphatic carbocycles. The highest BCUT2D eigenvalue weighted by Gasteiger charge is 2.31. The SMILES string of the molecule is C[C@H](c1ccccc1Cl)n1c(Nc2ccc(OC(F)(F)F)cc2)nc2cc(CCC(=O)O)ccc21. The van der Waals surface area contributed by atoms with Gasteiger partial charge in [-0.05, 0) is 66.9 Å². The van der Waals surface area contributed by atoms with E-state index >= 15 is 0 Å². The van der Waals surface area contributed by atoms with E-state index in [2.05, 4.69) is 10.1 Å². The molecular formula is C25H21ClF3N3O3. The van der Waals surface area contributed by atoms with Gasteiger partial charge in [-0.3, -0.25) is 4.79 Å². The molecule has 3 aromatic carbocycles. The van der Waals surface area contributed by atoms with E-state index in [0.29, 0.717) is 28.6 Å². The number of nitrogens with one attached hydrogen (secondary N) is 1. The van der Waals surface area contributed by atoms with Gasteiger partial charge in [-0.1, -0.05) is 35.9 Å². The minimum Gasteiger partial charge on any atom is -0.481 e. The van der Waals surface area contributed by atoms with E-state index < -0.39 is 12.3 Å². The normalized spacial score (nSPS) is 12.5. The summed E-state index contributed by atoms with van der Waals surface area (Å²) >= 11 is 6.45. The van der Waals surface area contributed by atoms with Gasteiger partial charge >= 0.3 is 12.3 Å². The highest BCUT2D eigenvalue weighted by Crippen LogP contribution is 2.34. The maximum atomic E-state index is 12.5. The molecule has 0 fully saturated rings. The van der Waals surface area contributed by atoms with E-state index in [1.807, 2.05) is 47.9 Å². The first-order valence-electron chi connectivity index (χ1n) is 10.7. The largest absolute Gasteiger partial charge is 0.573 e. The molecule has 4 rings (SSSR count). The van der Waals surface area contributed by atoms with Crippen molar-refractivity contribution in [2.45, 2.75) is 32.2 Å². The van der Waals surface area contributed by atoms with Crippen LogP contribution >= 0.6 is 11.6 Å². The van der Waals surface area contributed by atoms with Crippen LogP contribution in [0.5, 0.6) is 5.75 Å². The first kappa shape index (κ1) is 24.4. The third kappa shape index (κ3) is 5.86. The van der Waals surface area contributed by atoms with Crippen LogP contribution in [-0.2, 0) is 11.2 Å². The average molecular weight is 504 g/mol. The van der Waals surface area contributed by atoms with E-state index in [1.165, 1.54) is 24.3 Å². The molecule has 0 saturated heterocycles. The summed E-state index contributed by atoms with van der Waals surface area (Å²) in [5.74, 6) is -0.764. The second-order valence-electron chi connectivity index (χ2n) is 7.92. The molecule has 1 atom stereocenters. The maximum Gasteiger partial charge on any atom is 0.573 e. The van der Waals surface area contributed by atoms with Crippen LogP contribution in [0.15, 0.2) is 66.7 Å². The summed E-state index contributed by atoms with van der Waals surface area (Å²) in [7, 11) is 0. The third-order valence-corrected chi connectivity index (χ3v) is 5.81. The highest BCUT2D eigenvalue weighted by molar-refractivity contribution is 6.31. The summed E-state index contributed by atoms with van der Waals surface area (Å²) in [6.07, 6.45) is -4.41. The van der Waals surface area contributed by atoms with Crippen LogP contribution in [0.25, 0.3) is 11.0 Å². The Morgan fingerprint density at radius 3 is 2.51 bits per heavy atom. The monoisotopic (exact) mass is 503 g/mol. The third-order valence-electron chi connectivity index (χ3n) is 5.47. The van der Waals surface area contributed by atoms with Crippen molar-refractivity contribution in [2.75, 3.05) is 5.32 Å². The number of nitrogens with zero attached hydrogens (tertiary/aromatic N) is 2. The zero-order valence-electron chi connectivity index (χ0n) is 18.5. The van der Waals surface area contributed by atoms with Crippen molar-refractivity contribution >= 4 is 40.2 Å². The molecule has 0 saturated carbocycles. The molecule has 1 heterocycles. The van der Waals surface area contributed by atoms with Crippen LogP contribution in [-0.4, -0.2) is 27.0 Å². The number of benzene rings is 3. The molecule has 0 unspecified atom stereocenters.